The van der Waals surface area contributed by atoms with Crippen LogP contribution in [0.4, 0.5) is 0 Å². The van der Waals surface area contributed by atoms with Gasteiger partial charge in [0.2, 0.25) is 0 Å². The average Bonchev–Trinajstić information content (AvgIpc) is 3.36. The number of hydrogen-bond acceptors (Lipinski definition) is 8. The summed E-state index contributed by atoms with van der Waals surface area (Å²) in [5.41, 5.74) is 0.404. The minimum Gasteiger partial charge on any atom is -0.495 e. The number of carbonyl (C=O) groups excluding carboxylic acids is 2. The number of carbonyl (C=O) groups is 2. The first-order chi connectivity index (χ1) is 13.6. The number of esters is 1. The van der Waals surface area contributed by atoms with Crippen LogP contribution in [0.3, 0.4) is 0 Å². The summed E-state index contributed by atoms with van der Waals surface area (Å²) in [6.07, 6.45) is 0. The Kier molecular flexibility index (Phi) is 4.86. The number of amides is 1. The van der Waals surface area contributed by atoms with Gasteiger partial charge in [0.1, 0.15) is 10.6 Å². The highest BCUT2D eigenvalue weighted by Gasteiger charge is 2.27. The summed E-state index contributed by atoms with van der Waals surface area (Å²) in [6.45, 7) is 2.04. The average molecular weight is 405 g/mol. The second-order valence-corrected chi connectivity index (χ2v) is 7.22. The van der Waals surface area contributed by atoms with Crippen LogP contribution >= 0.6 is 11.3 Å². The number of thiophene rings is 1. The number of rotatable bonds is 4. The Morgan fingerprint density at radius 2 is 1.75 bits per heavy atom. The zero-order chi connectivity index (χ0) is 19.8. The molecule has 1 fully saturated rings. The third kappa shape index (κ3) is 2.87. The van der Waals surface area contributed by atoms with E-state index in [0.29, 0.717) is 63.7 Å². The van der Waals surface area contributed by atoms with Gasteiger partial charge in [-0.25, -0.2) is 4.79 Å². The van der Waals surface area contributed by atoms with Crippen molar-refractivity contribution < 1.29 is 33.0 Å². The Bertz CT molecular complexity index is 1000. The summed E-state index contributed by atoms with van der Waals surface area (Å²) < 4.78 is 27.9. The largest absolute Gasteiger partial charge is 0.495 e. The third-order valence-corrected chi connectivity index (χ3v) is 5.78. The first-order valence-corrected chi connectivity index (χ1v) is 9.47. The van der Waals surface area contributed by atoms with E-state index < -0.39 is 5.97 Å². The van der Waals surface area contributed by atoms with E-state index in [1.807, 2.05) is 0 Å². The molecular weight excluding hydrogens is 386 g/mol. The molecule has 9 heteroatoms. The number of benzene rings is 1. The summed E-state index contributed by atoms with van der Waals surface area (Å²) >= 11 is 1.22. The summed E-state index contributed by atoms with van der Waals surface area (Å²) in [5, 5.41) is 1.31. The lowest BCUT2D eigenvalue weighted by Gasteiger charge is -2.25. The molecule has 8 nitrogen and oxygen atoms in total. The van der Waals surface area contributed by atoms with Gasteiger partial charge in [-0.3, -0.25) is 4.79 Å². The lowest BCUT2D eigenvalue weighted by Crippen LogP contribution is -2.40. The molecule has 0 atom stereocenters. The SMILES string of the molecule is COC(=O)c1cc2c(OC)c3cc(C(=O)N4CCOCC4)oc3c(OC)c2s1. The quantitative estimate of drug-likeness (QED) is 0.617. The second kappa shape index (κ2) is 7.33. The van der Waals surface area contributed by atoms with Crippen molar-refractivity contribution in [1.82, 2.24) is 4.90 Å². The minimum absolute atomic E-state index is 0.206. The van der Waals surface area contributed by atoms with Crippen LogP contribution in [0.25, 0.3) is 21.1 Å². The summed E-state index contributed by atoms with van der Waals surface area (Å²) in [6, 6.07) is 3.35. The molecule has 148 valence electrons. The maximum atomic E-state index is 12.8. The van der Waals surface area contributed by atoms with Crippen molar-refractivity contribution in [2.24, 2.45) is 0 Å². The van der Waals surface area contributed by atoms with Gasteiger partial charge in [-0.2, -0.15) is 0 Å². The first-order valence-electron chi connectivity index (χ1n) is 8.65. The van der Waals surface area contributed by atoms with Gasteiger partial charge < -0.3 is 28.3 Å². The molecule has 0 unspecified atom stereocenters. The highest BCUT2D eigenvalue weighted by Crippen LogP contribution is 2.47. The molecule has 0 aliphatic carbocycles. The van der Waals surface area contributed by atoms with E-state index in [1.54, 1.807) is 17.0 Å². The molecule has 0 saturated carbocycles. The molecule has 0 spiro atoms. The van der Waals surface area contributed by atoms with E-state index in [-0.39, 0.29) is 11.7 Å². The summed E-state index contributed by atoms with van der Waals surface area (Å²) in [7, 11) is 4.38. The maximum absolute atomic E-state index is 12.8. The molecule has 28 heavy (non-hydrogen) atoms. The Morgan fingerprint density at radius 3 is 2.39 bits per heavy atom. The fourth-order valence-corrected chi connectivity index (χ4v) is 4.43. The molecular formula is C19H19NO7S. The minimum atomic E-state index is -0.440. The topological polar surface area (TPSA) is 87.4 Å². The molecule has 2 aromatic heterocycles. The van der Waals surface area contributed by atoms with Crippen molar-refractivity contribution in [3.05, 3.63) is 22.8 Å². The van der Waals surface area contributed by atoms with Crippen molar-refractivity contribution >= 4 is 44.3 Å². The normalized spacial score (nSPS) is 14.5. The lowest BCUT2D eigenvalue weighted by molar-refractivity contribution is 0.0284. The van der Waals surface area contributed by atoms with Crippen LogP contribution in [-0.4, -0.2) is 64.4 Å². The second-order valence-electron chi connectivity index (χ2n) is 6.17. The van der Waals surface area contributed by atoms with Crippen molar-refractivity contribution in [2.45, 2.75) is 0 Å². The van der Waals surface area contributed by atoms with Gasteiger partial charge >= 0.3 is 5.97 Å². The Hall–Kier alpha value is -2.78. The highest BCUT2D eigenvalue weighted by atomic mass is 32.1. The standard InChI is InChI=1S/C19H19NO7S/c1-23-14-10-8-12(18(21)20-4-6-26-7-5-20)27-15(10)16(24-2)17-11(14)9-13(28-17)19(22)25-3/h8-9H,4-7H2,1-3H3. The lowest BCUT2D eigenvalue weighted by atomic mass is 10.1. The molecule has 4 rings (SSSR count). The van der Waals surface area contributed by atoms with Gasteiger partial charge in [0.05, 0.1) is 44.6 Å². The fraction of sp³-hybridized carbons (Fsp3) is 0.368. The van der Waals surface area contributed by atoms with Crippen LogP contribution in [0.15, 0.2) is 16.5 Å². The van der Waals surface area contributed by atoms with Crippen LogP contribution in [0.5, 0.6) is 11.5 Å². The number of morpholine rings is 1. The smallest absolute Gasteiger partial charge is 0.348 e. The predicted octanol–water partition coefficient (Wildman–Crippen LogP) is 2.92. The van der Waals surface area contributed by atoms with Gasteiger partial charge in [0, 0.05) is 24.5 Å². The van der Waals surface area contributed by atoms with Gasteiger partial charge in [-0.05, 0) is 6.07 Å². The van der Waals surface area contributed by atoms with Gasteiger partial charge in [0.25, 0.3) is 5.91 Å². The van der Waals surface area contributed by atoms with Crippen molar-refractivity contribution in [3.8, 4) is 11.5 Å². The Labute approximate surface area is 164 Å². The van der Waals surface area contributed by atoms with Gasteiger partial charge in [0.15, 0.2) is 17.1 Å². The summed E-state index contributed by atoms with van der Waals surface area (Å²) in [5.74, 6) is 0.528. The molecule has 3 heterocycles. The maximum Gasteiger partial charge on any atom is 0.348 e. The van der Waals surface area contributed by atoms with E-state index in [4.69, 9.17) is 23.4 Å². The number of methoxy groups -OCH3 is 3. The van der Waals surface area contributed by atoms with E-state index in [0.717, 1.165) is 0 Å². The van der Waals surface area contributed by atoms with Crippen molar-refractivity contribution in [2.75, 3.05) is 47.6 Å². The van der Waals surface area contributed by atoms with E-state index in [9.17, 15) is 9.59 Å². The van der Waals surface area contributed by atoms with Crippen LogP contribution in [-0.2, 0) is 9.47 Å². The van der Waals surface area contributed by atoms with Crippen LogP contribution < -0.4 is 9.47 Å². The van der Waals surface area contributed by atoms with Crippen LogP contribution in [0, 0.1) is 0 Å². The molecule has 1 amide bonds. The molecule has 1 aliphatic rings. The van der Waals surface area contributed by atoms with Crippen LogP contribution in [0.2, 0.25) is 0 Å². The number of ether oxygens (including phenoxy) is 4. The number of fused-ring (bicyclic) bond motifs is 2. The number of nitrogens with zero attached hydrogens (tertiary/aromatic N) is 1. The first kappa shape index (κ1) is 18.6. The molecule has 1 aromatic carbocycles. The Balaban J connectivity index is 1.90. The molecule has 1 aliphatic heterocycles. The number of furan rings is 1. The van der Waals surface area contributed by atoms with Crippen molar-refractivity contribution in [1.29, 1.82) is 0 Å². The highest BCUT2D eigenvalue weighted by molar-refractivity contribution is 7.21. The Morgan fingerprint density at radius 1 is 1.04 bits per heavy atom. The predicted molar refractivity (Wildman–Crippen MR) is 103 cm³/mol. The molecule has 1 saturated heterocycles. The summed E-state index contributed by atoms with van der Waals surface area (Å²) in [4.78, 5) is 26.9. The van der Waals surface area contributed by atoms with E-state index in [1.165, 1.54) is 32.7 Å². The van der Waals surface area contributed by atoms with Gasteiger partial charge in [-0.15, -0.1) is 11.3 Å². The van der Waals surface area contributed by atoms with Crippen LogP contribution in [0.1, 0.15) is 20.2 Å². The molecule has 3 aromatic rings. The molecule has 0 N–H and O–H groups in total. The monoisotopic (exact) mass is 405 g/mol. The van der Waals surface area contributed by atoms with Crippen molar-refractivity contribution in [3.63, 3.8) is 0 Å². The van der Waals surface area contributed by atoms with E-state index in [2.05, 4.69) is 0 Å². The zero-order valence-corrected chi connectivity index (χ0v) is 16.5. The third-order valence-electron chi connectivity index (χ3n) is 4.67. The van der Waals surface area contributed by atoms with E-state index >= 15 is 0 Å². The molecule has 0 bridgehead atoms. The zero-order valence-electron chi connectivity index (χ0n) is 15.7. The van der Waals surface area contributed by atoms with Gasteiger partial charge in [-0.1, -0.05) is 0 Å². The number of hydrogen-bond donors (Lipinski definition) is 0. The molecule has 0 radical (unpaired) electrons. The fourth-order valence-electron chi connectivity index (χ4n) is 3.34.